The van der Waals surface area contributed by atoms with Gasteiger partial charge in [-0.15, -0.1) is 11.3 Å². The lowest BCUT2D eigenvalue weighted by Gasteiger charge is -2.26. The van der Waals surface area contributed by atoms with Crippen LogP contribution in [0.25, 0.3) is 11.3 Å². The van der Waals surface area contributed by atoms with E-state index in [0.717, 1.165) is 48.2 Å². The molecule has 1 amide bonds. The highest BCUT2D eigenvalue weighted by Crippen LogP contribution is 2.34. The molecule has 0 aliphatic heterocycles. The molecule has 3 N–H and O–H groups in total. The van der Waals surface area contributed by atoms with Crippen LogP contribution < -0.4 is 11.1 Å². The van der Waals surface area contributed by atoms with Gasteiger partial charge in [-0.3, -0.25) is 4.79 Å². The van der Waals surface area contributed by atoms with Gasteiger partial charge >= 0.3 is 0 Å². The summed E-state index contributed by atoms with van der Waals surface area (Å²) in [6.45, 7) is 0. The maximum Gasteiger partial charge on any atom is 0.261 e. The molecule has 3 aromatic rings. The standard InChI is InChI=1S/C23H24N4OS/c24-23-25-11-10-18(27-23)15-8-9-17-14(12-15)5-3-6-19(17)26-22(28)21-13-16-4-1-2-7-20(16)29-21/h8-13,19H,1-7H2,(H,26,28)(H2,24,25,27). The van der Waals surface area contributed by atoms with Crippen LogP contribution in [0.4, 0.5) is 5.95 Å². The molecule has 2 heterocycles. The molecule has 1 aromatic carbocycles. The van der Waals surface area contributed by atoms with E-state index in [-0.39, 0.29) is 17.9 Å². The van der Waals surface area contributed by atoms with E-state index in [1.165, 1.54) is 34.4 Å². The number of nitrogens with zero attached hydrogens (tertiary/aromatic N) is 2. The predicted molar refractivity (Wildman–Crippen MR) is 116 cm³/mol. The van der Waals surface area contributed by atoms with Crippen molar-refractivity contribution in [3.8, 4) is 11.3 Å². The zero-order valence-corrected chi connectivity index (χ0v) is 17.1. The van der Waals surface area contributed by atoms with Gasteiger partial charge in [0.1, 0.15) is 0 Å². The molecular weight excluding hydrogens is 380 g/mol. The number of fused-ring (bicyclic) bond motifs is 2. The van der Waals surface area contributed by atoms with Crippen LogP contribution in [0.1, 0.15) is 63.0 Å². The van der Waals surface area contributed by atoms with E-state index in [2.05, 4.69) is 39.6 Å². The van der Waals surface area contributed by atoms with E-state index < -0.39 is 0 Å². The van der Waals surface area contributed by atoms with Crippen molar-refractivity contribution < 1.29 is 4.79 Å². The summed E-state index contributed by atoms with van der Waals surface area (Å²) in [5.41, 5.74) is 11.5. The zero-order valence-electron chi connectivity index (χ0n) is 16.3. The largest absolute Gasteiger partial charge is 0.368 e. The fourth-order valence-electron chi connectivity index (χ4n) is 4.49. The highest BCUT2D eigenvalue weighted by molar-refractivity contribution is 7.14. The Kier molecular flexibility index (Phi) is 4.79. The lowest BCUT2D eigenvalue weighted by atomic mass is 9.86. The number of carbonyl (C=O) groups excluding carboxylic acids is 1. The van der Waals surface area contributed by atoms with Crippen molar-refractivity contribution in [3.63, 3.8) is 0 Å². The summed E-state index contributed by atoms with van der Waals surface area (Å²) in [6, 6.07) is 10.4. The van der Waals surface area contributed by atoms with Gasteiger partial charge in [0.25, 0.3) is 5.91 Å². The highest BCUT2D eigenvalue weighted by atomic mass is 32.1. The molecule has 1 unspecified atom stereocenters. The summed E-state index contributed by atoms with van der Waals surface area (Å²) in [6.07, 6.45) is 9.45. The number of hydrogen-bond acceptors (Lipinski definition) is 5. The summed E-state index contributed by atoms with van der Waals surface area (Å²) < 4.78 is 0. The second-order valence-electron chi connectivity index (χ2n) is 7.90. The number of aryl methyl sites for hydroxylation is 3. The van der Waals surface area contributed by atoms with Crippen molar-refractivity contribution in [2.45, 2.75) is 51.0 Å². The van der Waals surface area contributed by atoms with E-state index in [1.54, 1.807) is 17.5 Å². The quantitative estimate of drug-likeness (QED) is 0.675. The molecule has 0 saturated carbocycles. The van der Waals surface area contributed by atoms with Crippen LogP contribution in [0, 0.1) is 0 Å². The molecule has 0 bridgehead atoms. The normalized spacial score (nSPS) is 18.0. The van der Waals surface area contributed by atoms with Gasteiger partial charge in [0.15, 0.2) is 0 Å². The minimum atomic E-state index is 0.0647. The average molecular weight is 405 g/mol. The van der Waals surface area contributed by atoms with E-state index in [9.17, 15) is 4.79 Å². The first kappa shape index (κ1) is 18.3. The molecule has 0 saturated heterocycles. The van der Waals surface area contributed by atoms with Crippen LogP contribution in [0.5, 0.6) is 0 Å². The number of nitrogen functional groups attached to an aromatic ring is 1. The van der Waals surface area contributed by atoms with Gasteiger partial charge in [-0.05, 0) is 79.8 Å². The highest BCUT2D eigenvalue weighted by Gasteiger charge is 2.24. The molecule has 148 valence electrons. The van der Waals surface area contributed by atoms with Gasteiger partial charge in [0.05, 0.1) is 16.6 Å². The molecule has 2 aromatic heterocycles. The summed E-state index contributed by atoms with van der Waals surface area (Å²) in [7, 11) is 0. The predicted octanol–water partition coefficient (Wildman–Crippen LogP) is 4.47. The number of nitrogens with one attached hydrogen (secondary N) is 1. The smallest absolute Gasteiger partial charge is 0.261 e. The zero-order chi connectivity index (χ0) is 19.8. The molecular formula is C23H24N4OS. The number of benzene rings is 1. The lowest BCUT2D eigenvalue weighted by Crippen LogP contribution is -2.30. The molecule has 2 aliphatic rings. The van der Waals surface area contributed by atoms with Crippen molar-refractivity contribution in [1.29, 1.82) is 0 Å². The third kappa shape index (κ3) is 3.65. The first-order chi connectivity index (χ1) is 14.2. The third-order valence-electron chi connectivity index (χ3n) is 5.95. The first-order valence-electron chi connectivity index (χ1n) is 10.3. The molecule has 2 aliphatic carbocycles. The van der Waals surface area contributed by atoms with Crippen molar-refractivity contribution in [1.82, 2.24) is 15.3 Å². The Hall–Kier alpha value is -2.73. The molecule has 0 radical (unpaired) electrons. The first-order valence-corrected chi connectivity index (χ1v) is 11.1. The van der Waals surface area contributed by atoms with Gasteiger partial charge in [0.2, 0.25) is 5.95 Å². The summed E-state index contributed by atoms with van der Waals surface area (Å²) in [4.78, 5) is 23.5. The van der Waals surface area contributed by atoms with Gasteiger partial charge in [-0.25, -0.2) is 9.97 Å². The number of amides is 1. The number of thiophene rings is 1. The fourth-order valence-corrected chi connectivity index (χ4v) is 5.65. The number of anilines is 1. The van der Waals surface area contributed by atoms with Gasteiger partial charge in [0, 0.05) is 16.6 Å². The van der Waals surface area contributed by atoms with Crippen LogP contribution >= 0.6 is 11.3 Å². The van der Waals surface area contributed by atoms with Crippen LogP contribution in [-0.4, -0.2) is 15.9 Å². The summed E-state index contributed by atoms with van der Waals surface area (Å²) in [5, 5.41) is 3.29. The van der Waals surface area contributed by atoms with Gasteiger partial charge in [-0.2, -0.15) is 0 Å². The Morgan fingerprint density at radius 3 is 2.79 bits per heavy atom. The Morgan fingerprint density at radius 2 is 1.93 bits per heavy atom. The lowest BCUT2D eigenvalue weighted by molar-refractivity contribution is 0.0937. The third-order valence-corrected chi connectivity index (χ3v) is 7.19. The van der Waals surface area contributed by atoms with Crippen LogP contribution in [0.15, 0.2) is 36.5 Å². The van der Waals surface area contributed by atoms with Crippen molar-refractivity contribution >= 4 is 23.2 Å². The van der Waals surface area contributed by atoms with E-state index in [1.807, 2.05) is 6.07 Å². The van der Waals surface area contributed by atoms with Crippen LogP contribution in [0.3, 0.4) is 0 Å². The number of rotatable bonds is 3. The Bertz CT molecular complexity index is 1050. The maximum absolute atomic E-state index is 12.9. The van der Waals surface area contributed by atoms with Crippen molar-refractivity contribution in [2.75, 3.05) is 5.73 Å². The monoisotopic (exact) mass is 404 g/mol. The van der Waals surface area contributed by atoms with Crippen LogP contribution in [-0.2, 0) is 19.3 Å². The number of nitrogens with two attached hydrogens (primary N) is 1. The molecule has 29 heavy (non-hydrogen) atoms. The molecule has 1 atom stereocenters. The fraction of sp³-hybridized carbons (Fsp3) is 0.348. The Balaban J connectivity index is 1.38. The molecule has 6 heteroatoms. The van der Waals surface area contributed by atoms with Crippen molar-refractivity contribution in [3.05, 3.63) is 63.0 Å². The minimum absolute atomic E-state index is 0.0647. The Labute approximate surface area is 174 Å². The second-order valence-corrected chi connectivity index (χ2v) is 9.03. The van der Waals surface area contributed by atoms with Crippen LogP contribution in [0.2, 0.25) is 0 Å². The average Bonchev–Trinajstić information content (AvgIpc) is 3.18. The SMILES string of the molecule is Nc1nccc(-c2ccc3c(c2)CCCC3NC(=O)c2cc3c(s2)CCCC3)n1. The van der Waals surface area contributed by atoms with Crippen molar-refractivity contribution in [2.24, 2.45) is 0 Å². The van der Waals surface area contributed by atoms with E-state index >= 15 is 0 Å². The number of carbonyl (C=O) groups is 1. The molecule has 5 nitrogen and oxygen atoms in total. The molecule has 0 fully saturated rings. The van der Waals surface area contributed by atoms with E-state index in [4.69, 9.17) is 5.73 Å². The second kappa shape index (κ2) is 7.59. The number of aromatic nitrogens is 2. The Morgan fingerprint density at radius 1 is 1.07 bits per heavy atom. The minimum Gasteiger partial charge on any atom is -0.368 e. The van der Waals surface area contributed by atoms with Gasteiger partial charge < -0.3 is 11.1 Å². The number of hydrogen-bond donors (Lipinski definition) is 2. The van der Waals surface area contributed by atoms with E-state index in [0.29, 0.717) is 0 Å². The topological polar surface area (TPSA) is 80.9 Å². The molecule has 5 rings (SSSR count). The van der Waals surface area contributed by atoms with Gasteiger partial charge in [-0.1, -0.05) is 12.1 Å². The summed E-state index contributed by atoms with van der Waals surface area (Å²) >= 11 is 1.68. The maximum atomic E-state index is 12.9. The molecule has 0 spiro atoms. The summed E-state index contributed by atoms with van der Waals surface area (Å²) in [5.74, 6) is 0.346.